The Morgan fingerprint density at radius 1 is 1.04 bits per heavy atom. The lowest BCUT2D eigenvalue weighted by molar-refractivity contribution is -0.112. The van der Waals surface area contributed by atoms with Crippen LogP contribution in [-0.2, 0) is 4.79 Å². The molecule has 0 aliphatic heterocycles. The van der Waals surface area contributed by atoms with Gasteiger partial charge in [-0.1, -0.05) is 0 Å². The second-order valence-electron chi connectivity index (χ2n) is 5.12. The van der Waals surface area contributed by atoms with E-state index in [4.69, 9.17) is 14.2 Å². The van der Waals surface area contributed by atoms with Gasteiger partial charge in [0.1, 0.15) is 23.1 Å². The number of benzene rings is 2. The predicted molar refractivity (Wildman–Crippen MR) is 96.4 cm³/mol. The smallest absolute Gasteiger partial charge is 0.266 e. The minimum Gasteiger partial charge on any atom is -0.508 e. The molecule has 0 unspecified atom stereocenters. The van der Waals surface area contributed by atoms with Crippen LogP contribution in [0.25, 0.3) is 6.08 Å². The number of aromatic hydroxyl groups is 1. The van der Waals surface area contributed by atoms with Gasteiger partial charge in [0, 0.05) is 17.3 Å². The Kier molecular flexibility index (Phi) is 6.06. The Balaban J connectivity index is 2.36. The van der Waals surface area contributed by atoms with Crippen molar-refractivity contribution in [3.05, 3.63) is 47.5 Å². The Labute approximate surface area is 151 Å². The van der Waals surface area contributed by atoms with Crippen LogP contribution in [0.2, 0.25) is 0 Å². The van der Waals surface area contributed by atoms with Crippen LogP contribution >= 0.6 is 0 Å². The topological polar surface area (TPSA) is 101 Å². The lowest BCUT2D eigenvalue weighted by Gasteiger charge is -2.12. The zero-order valence-electron chi connectivity index (χ0n) is 14.6. The van der Waals surface area contributed by atoms with Crippen LogP contribution in [0.15, 0.2) is 42.0 Å². The van der Waals surface area contributed by atoms with Crippen molar-refractivity contribution in [2.75, 3.05) is 26.6 Å². The van der Waals surface area contributed by atoms with E-state index >= 15 is 0 Å². The summed E-state index contributed by atoms with van der Waals surface area (Å²) in [4.78, 5) is 12.3. The number of phenols is 1. The molecule has 7 heteroatoms. The van der Waals surface area contributed by atoms with Gasteiger partial charge in [-0.3, -0.25) is 4.79 Å². The fourth-order valence-electron chi connectivity index (χ4n) is 2.21. The van der Waals surface area contributed by atoms with Crippen LogP contribution < -0.4 is 19.5 Å². The number of anilines is 1. The molecule has 0 spiro atoms. The fourth-order valence-corrected chi connectivity index (χ4v) is 2.21. The Hall–Kier alpha value is -3.66. The van der Waals surface area contributed by atoms with Crippen molar-refractivity contribution in [3.8, 4) is 29.1 Å². The van der Waals surface area contributed by atoms with Crippen LogP contribution in [-0.4, -0.2) is 32.3 Å². The number of ether oxygens (including phenoxy) is 3. The first-order valence-electron chi connectivity index (χ1n) is 7.54. The second kappa shape index (κ2) is 8.44. The number of phenolic OH excluding ortho intramolecular Hbond substituents is 1. The molecule has 0 atom stereocenters. The van der Waals surface area contributed by atoms with Crippen molar-refractivity contribution >= 4 is 17.7 Å². The Morgan fingerprint density at radius 2 is 1.62 bits per heavy atom. The minimum atomic E-state index is -0.588. The van der Waals surface area contributed by atoms with E-state index in [-0.39, 0.29) is 11.3 Å². The highest BCUT2D eigenvalue weighted by Crippen LogP contribution is 2.35. The van der Waals surface area contributed by atoms with Gasteiger partial charge < -0.3 is 24.6 Å². The van der Waals surface area contributed by atoms with E-state index in [1.165, 1.54) is 51.7 Å². The first-order chi connectivity index (χ1) is 12.5. The molecule has 0 fully saturated rings. The quantitative estimate of drug-likeness (QED) is 0.470. The zero-order valence-corrected chi connectivity index (χ0v) is 14.6. The van der Waals surface area contributed by atoms with E-state index in [0.717, 1.165) is 0 Å². The standard InChI is InChI=1S/C19H18N2O5/c1-24-16-10-18(26-3)17(25-2)9-12(16)8-13(11-20)19(23)21-14-4-6-15(22)7-5-14/h4-10,22H,1-3H3,(H,21,23). The fraction of sp³-hybridized carbons (Fsp3) is 0.158. The summed E-state index contributed by atoms with van der Waals surface area (Å²) in [5.74, 6) is 0.821. The van der Waals surface area contributed by atoms with Gasteiger partial charge in [-0.2, -0.15) is 5.26 Å². The highest BCUT2D eigenvalue weighted by atomic mass is 16.5. The molecule has 2 N–H and O–H groups in total. The highest BCUT2D eigenvalue weighted by molar-refractivity contribution is 6.09. The van der Waals surface area contributed by atoms with Gasteiger partial charge >= 0.3 is 0 Å². The average Bonchev–Trinajstić information content (AvgIpc) is 2.66. The molecule has 2 rings (SSSR count). The predicted octanol–water partition coefficient (Wildman–Crippen LogP) is 2.96. The highest BCUT2D eigenvalue weighted by Gasteiger charge is 2.14. The number of nitrogens with zero attached hydrogens (tertiary/aromatic N) is 1. The first kappa shape index (κ1) is 18.7. The molecule has 0 radical (unpaired) electrons. The second-order valence-corrected chi connectivity index (χ2v) is 5.12. The van der Waals surface area contributed by atoms with E-state index in [1.54, 1.807) is 12.1 Å². The van der Waals surface area contributed by atoms with Crippen LogP contribution in [0, 0.1) is 11.3 Å². The van der Waals surface area contributed by atoms with Gasteiger partial charge in [-0.15, -0.1) is 0 Å². The van der Waals surface area contributed by atoms with Crippen LogP contribution in [0.3, 0.4) is 0 Å². The molecular formula is C19H18N2O5. The summed E-state index contributed by atoms with van der Waals surface area (Å²) in [5.41, 5.74) is 0.819. The summed E-state index contributed by atoms with van der Waals surface area (Å²) >= 11 is 0. The summed E-state index contributed by atoms with van der Waals surface area (Å²) in [6.45, 7) is 0. The summed E-state index contributed by atoms with van der Waals surface area (Å²) in [5, 5.41) is 21.2. The molecule has 2 aromatic rings. The molecule has 7 nitrogen and oxygen atoms in total. The third-order valence-corrected chi connectivity index (χ3v) is 3.53. The number of nitrogens with one attached hydrogen (secondary N) is 1. The summed E-state index contributed by atoms with van der Waals surface area (Å²) in [7, 11) is 4.46. The van der Waals surface area contributed by atoms with Crippen molar-refractivity contribution in [3.63, 3.8) is 0 Å². The number of amides is 1. The molecule has 2 aromatic carbocycles. The van der Waals surface area contributed by atoms with Gasteiger partial charge in [-0.05, 0) is 36.4 Å². The van der Waals surface area contributed by atoms with Crippen molar-refractivity contribution < 1.29 is 24.1 Å². The molecule has 0 aliphatic rings. The van der Waals surface area contributed by atoms with E-state index < -0.39 is 5.91 Å². The van der Waals surface area contributed by atoms with Gasteiger partial charge in [0.05, 0.1) is 21.3 Å². The molecule has 1 amide bonds. The molecule has 0 saturated heterocycles. The number of carbonyl (C=O) groups is 1. The molecule has 0 aromatic heterocycles. The van der Waals surface area contributed by atoms with E-state index in [9.17, 15) is 15.2 Å². The Morgan fingerprint density at radius 3 is 2.15 bits per heavy atom. The van der Waals surface area contributed by atoms with Crippen LogP contribution in [0.1, 0.15) is 5.56 Å². The number of hydrogen-bond acceptors (Lipinski definition) is 6. The monoisotopic (exact) mass is 354 g/mol. The Bertz CT molecular complexity index is 867. The molecule has 0 bridgehead atoms. The lowest BCUT2D eigenvalue weighted by Crippen LogP contribution is -2.13. The van der Waals surface area contributed by atoms with E-state index in [1.807, 2.05) is 6.07 Å². The number of nitriles is 1. The van der Waals surface area contributed by atoms with Crippen molar-refractivity contribution in [1.82, 2.24) is 0 Å². The molecule has 26 heavy (non-hydrogen) atoms. The van der Waals surface area contributed by atoms with Gasteiger partial charge in [0.25, 0.3) is 5.91 Å². The van der Waals surface area contributed by atoms with Crippen LogP contribution in [0.5, 0.6) is 23.0 Å². The number of hydrogen-bond donors (Lipinski definition) is 2. The maximum Gasteiger partial charge on any atom is 0.266 e. The molecule has 0 aliphatic carbocycles. The molecular weight excluding hydrogens is 336 g/mol. The van der Waals surface area contributed by atoms with Gasteiger partial charge in [-0.25, -0.2) is 0 Å². The summed E-state index contributed by atoms with van der Waals surface area (Å²) < 4.78 is 15.7. The minimum absolute atomic E-state index is 0.0779. The average molecular weight is 354 g/mol. The summed E-state index contributed by atoms with van der Waals surface area (Å²) in [6, 6.07) is 11.0. The third-order valence-electron chi connectivity index (χ3n) is 3.53. The lowest BCUT2D eigenvalue weighted by atomic mass is 10.1. The normalized spacial score (nSPS) is 10.6. The first-order valence-corrected chi connectivity index (χ1v) is 7.54. The number of carbonyl (C=O) groups excluding carboxylic acids is 1. The van der Waals surface area contributed by atoms with Crippen molar-refractivity contribution in [2.45, 2.75) is 0 Å². The van der Waals surface area contributed by atoms with E-state index in [2.05, 4.69) is 5.32 Å². The maximum atomic E-state index is 12.3. The van der Waals surface area contributed by atoms with Crippen molar-refractivity contribution in [2.24, 2.45) is 0 Å². The molecule has 134 valence electrons. The maximum absolute atomic E-state index is 12.3. The SMILES string of the molecule is COc1cc(OC)c(OC)cc1C=C(C#N)C(=O)Nc1ccc(O)cc1. The third kappa shape index (κ3) is 4.24. The largest absolute Gasteiger partial charge is 0.508 e. The van der Waals surface area contributed by atoms with Gasteiger partial charge in [0.15, 0.2) is 11.5 Å². The number of rotatable bonds is 6. The summed E-state index contributed by atoms with van der Waals surface area (Å²) in [6.07, 6.45) is 1.40. The molecule has 0 saturated carbocycles. The van der Waals surface area contributed by atoms with Crippen LogP contribution in [0.4, 0.5) is 5.69 Å². The van der Waals surface area contributed by atoms with Gasteiger partial charge in [0.2, 0.25) is 0 Å². The van der Waals surface area contributed by atoms with Crippen molar-refractivity contribution in [1.29, 1.82) is 5.26 Å². The molecule has 0 heterocycles. The zero-order chi connectivity index (χ0) is 19.1. The van der Waals surface area contributed by atoms with E-state index in [0.29, 0.717) is 28.5 Å². The number of methoxy groups -OCH3 is 3.